The molecule has 1 rings (SSSR count). The predicted molar refractivity (Wildman–Crippen MR) is 61.2 cm³/mol. The van der Waals surface area contributed by atoms with Crippen molar-refractivity contribution in [1.29, 1.82) is 0 Å². The Bertz CT molecular complexity index is 428. The molecule has 0 amide bonds. The summed E-state index contributed by atoms with van der Waals surface area (Å²) in [6, 6.07) is 1.29. The zero-order valence-corrected chi connectivity index (χ0v) is 10.1. The summed E-state index contributed by atoms with van der Waals surface area (Å²) in [7, 11) is 0. The summed E-state index contributed by atoms with van der Waals surface area (Å²) in [5.41, 5.74) is 0.0415. The first kappa shape index (κ1) is 14.7. The molecule has 4 nitrogen and oxygen atoms in total. The quantitative estimate of drug-likeness (QED) is 0.769. The van der Waals surface area contributed by atoms with Crippen LogP contribution in [0.3, 0.4) is 0 Å². The molecule has 1 heterocycles. The van der Waals surface area contributed by atoms with Crippen molar-refractivity contribution in [1.82, 2.24) is 15.3 Å². The fourth-order valence-corrected chi connectivity index (χ4v) is 1.43. The van der Waals surface area contributed by atoms with Gasteiger partial charge in [-0.1, -0.05) is 6.92 Å². The Balaban J connectivity index is 2.65. The van der Waals surface area contributed by atoms with Crippen molar-refractivity contribution in [2.45, 2.75) is 38.9 Å². The number of rotatable bonds is 6. The monoisotopic (exact) mass is 263 g/mol. The smallest absolute Gasteiger partial charge is 0.311 e. The molecule has 0 radical (unpaired) electrons. The summed E-state index contributed by atoms with van der Waals surface area (Å²) in [5.74, 6) is 0.0770. The molecule has 0 saturated heterocycles. The zero-order valence-electron chi connectivity index (χ0n) is 10.1. The Morgan fingerprint density at radius 3 is 2.78 bits per heavy atom. The molecule has 0 atom stereocenters. The fourth-order valence-electron chi connectivity index (χ4n) is 1.43. The highest BCUT2D eigenvalue weighted by atomic mass is 19.4. The number of halogens is 3. The van der Waals surface area contributed by atoms with Gasteiger partial charge >= 0.3 is 6.18 Å². The largest absolute Gasteiger partial charge is 0.389 e. The van der Waals surface area contributed by atoms with E-state index in [0.29, 0.717) is 12.2 Å². The number of nitrogens with zero attached hydrogens (tertiary/aromatic N) is 1. The Morgan fingerprint density at radius 1 is 1.44 bits per heavy atom. The van der Waals surface area contributed by atoms with Crippen LogP contribution in [0.5, 0.6) is 0 Å². The van der Waals surface area contributed by atoms with E-state index in [-0.39, 0.29) is 12.2 Å². The highest BCUT2D eigenvalue weighted by Gasteiger charge is 2.27. The summed E-state index contributed by atoms with van der Waals surface area (Å²) in [6.07, 6.45) is -4.60. The molecule has 0 aliphatic carbocycles. The number of H-pyrrole nitrogens is 1. The summed E-state index contributed by atoms with van der Waals surface area (Å²) in [4.78, 5) is 17.6. The summed E-state index contributed by atoms with van der Waals surface area (Å²) in [5, 5.41) is 3.04. The van der Waals surface area contributed by atoms with Crippen LogP contribution in [0.4, 0.5) is 13.2 Å². The van der Waals surface area contributed by atoms with Gasteiger partial charge in [0.15, 0.2) is 0 Å². The molecule has 7 heteroatoms. The highest BCUT2D eigenvalue weighted by molar-refractivity contribution is 5.03. The number of aryl methyl sites for hydroxylation is 1. The van der Waals surface area contributed by atoms with Gasteiger partial charge in [-0.05, 0) is 13.0 Å². The number of nitrogens with one attached hydrogen (secondary N) is 2. The average molecular weight is 263 g/mol. The minimum Gasteiger partial charge on any atom is -0.311 e. The molecule has 0 fully saturated rings. The number of aromatic nitrogens is 2. The second-order valence-electron chi connectivity index (χ2n) is 3.98. The van der Waals surface area contributed by atoms with E-state index in [0.717, 1.165) is 13.0 Å². The van der Waals surface area contributed by atoms with E-state index in [2.05, 4.69) is 15.3 Å². The molecule has 0 spiro atoms. The highest BCUT2D eigenvalue weighted by Crippen LogP contribution is 2.20. The van der Waals surface area contributed by atoms with Crippen molar-refractivity contribution in [2.75, 3.05) is 6.54 Å². The Morgan fingerprint density at radius 2 is 2.17 bits per heavy atom. The molecule has 18 heavy (non-hydrogen) atoms. The van der Waals surface area contributed by atoms with Gasteiger partial charge in [-0.25, -0.2) is 4.98 Å². The van der Waals surface area contributed by atoms with Gasteiger partial charge in [0.1, 0.15) is 5.82 Å². The third-order valence-corrected chi connectivity index (χ3v) is 2.22. The van der Waals surface area contributed by atoms with Gasteiger partial charge in [-0.2, -0.15) is 13.2 Å². The molecule has 1 aromatic heterocycles. The molecular formula is C11H16F3N3O. The second kappa shape index (κ2) is 6.53. The third-order valence-electron chi connectivity index (χ3n) is 2.22. The maximum Gasteiger partial charge on any atom is 0.389 e. The van der Waals surface area contributed by atoms with Crippen molar-refractivity contribution in [3.8, 4) is 0 Å². The van der Waals surface area contributed by atoms with E-state index in [1.54, 1.807) is 0 Å². The van der Waals surface area contributed by atoms with Gasteiger partial charge in [0.25, 0.3) is 5.56 Å². The van der Waals surface area contributed by atoms with E-state index in [1.807, 2.05) is 6.92 Å². The number of alkyl halides is 3. The van der Waals surface area contributed by atoms with Crippen LogP contribution in [0.1, 0.15) is 31.3 Å². The van der Waals surface area contributed by atoms with Crippen molar-refractivity contribution >= 4 is 0 Å². The Hall–Kier alpha value is -1.37. The molecule has 2 N–H and O–H groups in total. The van der Waals surface area contributed by atoms with E-state index in [1.165, 1.54) is 6.07 Å². The van der Waals surface area contributed by atoms with Crippen LogP contribution in [-0.4, -0.2) is 22.7 Å². The predicted octanol–water partition coefficient (Wildman–Crippen LogP) is 1.76. The molecule has 0 aromatic carbocycles. The number of aromatic amines is 1. The molecule has 102 valence electrons. The zero-order chi connectivity index (χ0) is 13.6. The number of hydrogen-bond donors (Lipinski definition) is 2. The van der Waals surface area contributed by atoms with Crippen molar-refractivity contribution in [3.05, 3.63) is 27.9 Å². The van der Waals surface area contributed by atoms with Gasteiger partial charge in [-0.3, -0.25) is 4.79 Å². The van der Waals surface area contributed by atoms with E-state index in [9.17, 15) is 18.0 Å². The Kier molecular flexibility index (Phi) is 5.33. The van der Waals surface area contributed by atoms with Gasteiger partial charge < -0.3 is 10.3 Å². The van der Waals surface area contributed by atoms with Crippen LogP contribution in [0.25, 0.3) is 0 Å². The van der Waals surface area contributed by atoms with Crippen molar-refractivity contribution in [3.63, 3.8) is 0 Å². The lowest BCUT2D eigenvalue weighted by Crippen LogP contribution is -2.20. The summed E-state index contributed by atoms with van der Waals surface area (Å²) in [6.45, 7) is 3.15. The normalized spacial score (nSPS) is 11.8. The Labute approximate surface area is 103 Å². The summed E-state index contributed by atoms with van der Waals surface area (Å²) >= 11 is 0. The maximum absolute atomic E-state index is 12.1. The number of hydrogen-bond acceptors (Lipinski definition) is 3. The summed E-state index contributed by atoms with van der Waals surface area (Å²) < 4.78 is 36.2. The molecule has 0 saturated carbocycles. The van der Waals surface area contributed by atoms with Gasteiger partial charge in [0, 0.05) is 19.0 Å². The maximum atomic E-state index is 12.1. The first-order chi connectivity index (χ1) is 8.40. The lowest BCUT2D eigenvalue weighted by atomic mass is 10.2. The van der Waals surface area contributed by atoms with E-state index < -0.39 is 18.2 Å². The van der Waals surface area contributed by atoms with E-state index >= 15 is 0 Å². The molecule has 0 bridgehead atoms. The van der Waals surface area contributed by atoms with Crippen LogP contribution in [0, 0.1) is 0 Å². The molecular weight excluding hydrogens is 247 g/mol. The molecule has 0 aliphatic rings. The SMILES string of the molecule is CCCNCc1cc(=O)[nH]c(CCC(F)(F)F)n1. The van der Waals surface area contributed by atoms with Gasteiger partial charge in [-0.15, -0.1) is 0 Å². The second-order valence-corrected chi connectivity index (χ2v) is 3.98. The van der Waals surface area contributed by atoms with E-state index in [4.69, 9.17) is 0 Å². The van der Waals surface area contributed by atoms with Gasteiger partial charge in [0.05, 0.1) is 12.1 Å². The van der Waals surface area contributed by atoms with Crippen LogP contribution in [0.15, 0.2) is 10.9 Å². The molecule has 1 aromatic rings. The first-order valence-electron chi connectivity index (χ1n) is 5.77. The molecule has 0 unspecified atom stereocenters. The van der Waals surface area contributed by atoms with Crippen LogP contribution in [0.2, 0.25) is 0 Å². The lowest BCUT2D eigenvalue weighted by molar-refractivity contribution is -0.134. The van der Waals surface area contributed by atoms with Crippen LogP contribution >= 0.6 is 0 Å². The topological polar surface area (TPSA) is 57.8 Å². The minimum atomic E-state index is -4.24. The lowest BCUT2D eigenvalue weighted by Gasteiger charge is -2.07. The van der Waals surface area contributed by atoms with Crippen LogP contribution in [-0.2, 0) is 13.0 Å². The standard InChI is InChI=1S/C11H16F3N3O/c1-2-5-15-7-8-6-10(18)17-9(16-8)3-4-11(12,13)14/h6,15H,2-5,7H2,1H3,(H,16,17,18). The van der Waals surface area contributed by atoms with Crippen molar-refractivity contribution in [2.24, 2.45) is 0 Å². The van der Waals surface area contributed by atoms with Crippen LogP contribution < -0.4 is 10.9 Å². The average Bonchev–Trinajstić information content (AvgIpc) is 2.25. The minimum absolute atomic E-state index is 0.0770. The molecule has 0 aliphatic heterocycles. The van der Waals surface area contributed by atoms with Gasteiger partial charge in [0.2, 0.25) is 0 Å². The third kappa shape index (κ3) is 5.81. The van der Waals surface area contributed by atoms with Crippen molar-refractivity contribution < 1.29 is 13.2 Å². The fraction of sp³-hybridized carbons (Fsp3) is 0.636. The first-order valence-corrected chi connectivity index (χ1v) is 5.77.